The van der Waals surface area contributed by atoms with Crippen LogP contribution in [0.25, 0.3) is 6.08 Å². The Morgan fingerprint density at radius 3 is 2.74 bits per heavy atom. The van der Waals surface area contributed by atoms with Gasteiger partial charge < -0.3 is 9.47 Å². The summed E-state index contributed by atoms with van der Waals surface area (Å²) in [4.78, 5) is 14.4. The molecule has 0 aliphatic carbocycles. The van der Waals surface area contributed by atoms with E-state index in [2.05, 4.69) is 22.6 Å². The first-order valence-corrected chi connectivity index (χ1v) is 10.3. The molecule has 1 aliphatic rings. The highest BCUT2D eigenvalue weighted by Gasteiger charge is 2.34. The molecule has 8 heteroatoms. The molecule has 4 nitrogen and oxygen atoms in total. The number of thioether (sulfide) groups is 1. The van der Waals surface area contributed by atoms with Gasteiger partial charge in [-0.15, -0.1) is 0 Å². The van der Waals surface area contributed by atoms with Gasteiger partial charge in [-0.05, 0) is 65.4 Å². The number of para-hydroxylation sites is 1. The molecule has 0 atom stereocenters. The van der Waals surface area contributed by atoms with Gasteiger partial charge in [-0.1, -0.05) is 36.1 Å². The molecule has 0 aromatic heterocycles. The van der Waals surface area contributed by atoms with Crippen LogP contribution < -0.4 is 14.4 Å². The van der Waals surface area contributed by atoms with Crippen LogP contribution in [0.15, 0.2) is 41.3 Å². The maximum Gasteiger partial charge on any atom is 0.270 e. The van der Waals surface area contributed by atoms with Crippen molar-refractivity contribution in [3.8, 4) is 11.5 Å². The van der Waals surface area contributed by atoms with Crippen molar-refractivity contribution < 1.29 is 18.7 Å². The molecule has 0 spiro atoms. The molecule has 140 valence electrons. The number of amides is 1. The Labute approximate surface area is 179 Å². The maximum absolute atomic E-state index is 14.1. The lowest BCUT2D eigenvalue weighted by Crippen LogP contribution is -2.28. The van der Waals surface area contributed by atoms with Crippen molar-refractivity contribution in [3.63, 3.8) is 0 Å². The minimum atomic E-state index is -0.493. The topological polar surface area (TPSA) is 38.8 Å². The van der Waals surface area contributed by atoms with Gasteiger partial charge >= 0.3 is 0 Å². The molecule has 2 aromatic rings. The summed E-state index contributed by atoms with van der Waals surface area (Å²) in [6, 6.07) is 9.76. The second-order valence-corrected chi connectivity index (χ2v) is 8.27. The molecule has 1 heterocycles. The molecule has 1 fully saturated rings. The lowest BCUT2D eigenvalue weighted by molar-refractivity contribution is -0.113. The van der Waals surface area contributed by atoms with Gasteiger partial charge in [0.15, 0.2) is 15.8 Å². The Balaban J connectivity index is 1.97. The van der Waals surface area contributed by atoms with Crippen molar-refractivity contribution in [3.05, 3.63) is 56.3 Å². The number of hydrogen-bond acceptors (Lipinski definition) is 5. The first-order valence-electron chi connectivity index (χ1n) is 7.99. The minimum Gasteiger partial charge on any atom is -0.493 e. The smallest absolute Gasteiger partial charge is 0.270 e. The normalized spacial score (nSPS) is 15.6. The number of rotatable bonds is 5. The number of thiocarbonyl (C=S) groups is 1. The van der Waals surface area contributed by atoms with Crippen molar-refractivity contribution in [1.82, 2.24) is 0 Å². The first-order chi connectivity index (χ1) is 13.0. The van der Waals surface area contributed by atoms with Crippen molar-refractivity contribution in [2.45, 2.75) is 6.92 Å². The molecule has 1 amide bonds. The SMILES string of the molecule is CCOc1c(I)cc(/C=C2\SC(=S)N(c3ccccc3F)C2=O)cc1OC. The van der Waals surface area contributed by atoms with Gasteiger partial charge in [-0.2, -0.15) is 0 Å². The van der Waals surface area contributed by atoms with Crippen LogP contribution in [0.5, 0.6) is 11.5 Å². The quantitative estimate of drug-likeness (QED) is 0.309. The number of benzene rings is 2. The number of anilines is 1. The largest absolute Gasteiger partial charge is 0.493 e. The number of hydrogen-bond donors (Lipinski definition) is 0. The molecule has 1 aliphatic heterocycles. The van der Waals surface area contributed by atoms with Crippen molar-refractivity contribution >= 4 is 68.6 Å². The number of halogens is 2. The average molecular weight is 515 g/mol. The minimum absolute atomic E-state index is 0.155. The lowest BCUT2D eigenvalue weighted by atomic mass is 10.1. The van der Waals surface area contributed by atoms with E-state index in [1.807, 2.05) is 13.0 Å². The zero-order valence-corrected chi connectivity index (χ0v) is 18.3. The highest BCUT2D eigenvalue weighted by molar-refractivity contribution is 14.1. The average Bonchev–Trinajstić information content (AvgIpc) is 2.91. The van der Waals surface area contributed by atoms with E-state index in [0.717, 1.165) is 20.9 Å². The Kier molecular flexibility index (Phi) is 6.38. The fraction of sp³-hybridized carbons (Fsp3) is 0.158. The van der Waals surface area contributed by atoms with E-state index in [4.69, 9.17) is 21.7 Å². The molecule has 0 unspecified atom stereocenters. The third kappa shape index (κ3) is 4.12. The zero-order valence-electron chi connectivity index (χ0n) is 14.5. The van der Waals surface area contributed by atoms with E-state index < -0.39 is 5.82 Å². The Bertz CT molecular complexity index is 949. The summed E-state index contributed by atoms with van der Waals surface area (Å²) in [7, 11) is 1.56. The van der Waals surface area contributed by atoms with E-state index in [9.17, 15) is 9.18 Å². The molecule has 2 aromatic carbocycles. The Morgan fingerprint density at radius 1 is 1.33 bits per heavy atom. The van der Waals surface area contributed by atoms with Crippen LogP contribution >= 0.6 is 46.6 Å². The fourth-order valence-electron chi connectivity index (χ4n) is 2.57. The number of carbonyl (C=O) groups is 1. The van der Waals surface area contributed by atoms with Crippen LogP contribution in [0.3, 0.4) is 0 Å². The summed E-state index contributed by atoms with van der Waals surface area (Å²) in [5, 5.41) is 0. The van der Waals surface area contributed by atoms with E-state index in [1.54, 1.807) is 31.4 Å². The number of nitrogens with zero attached hydrogens (tertiary/aromatic N) is 1. The van der Waals surface area contributed by atoms with E-state index in [0.29, 0.717) is 27.3 Å². The number of carbonyl (C=O) groups excluding carboxylic acids is 1. The van der Waals surface area contributed by atoms with Gasteiger partial charge in [-0.3, -0.25) is 9.69 Å². The van der Waals surface area contributed by atoms with Gasteiger partial charge in [0.25, 0.3) is 5.91 Å². The van der Waals surface area contributed by atoms with Crippen molar-refractivity contribution in [2.75, 3.05) is 18.6 Å². The van der Waals surface area contributed by atoms with Gasteiger partial charge in [0, 0.05) is 0 Å². The highest BCUT2D eigenvalue weighted by atomic mass is 127. The van der Waals surface area contributed by atoms with Gasteiger partial charge in [0.2, 0.25) is 0 Å². The van der Waals surface area contributed by atoms with Crippen LogP contribution in [-0.4, -0.2) is 23.9 Å². The lowest BCUT2D eigenvalue weighted by Gasteiger charge is -2.15. The molecule has 0 saturated carbocycles. The summed E-state index contributed by atoms with van der Waals surface area (Å²) in [6.07, 6.45) is 1.72. The summed E-state index contributed by atoms with van der Waals surface area (Å²) in [5.74, 6) is 0.404. The molecular formula is C19H15FINO3S2. The molecular weight excluding hydrogens is 500 g/mol. The predicted molar refractivity (Wildman–Crippen MR) is 119 cm³/mol. The van der Waals surface area contributed by atoms with Crippen LogP contribution in [0.1, 0.15) is 12.5 Å². The fourth-order valence-corrected chi connectivity index (χ4v) is 4.63. The summed E-state index contributed by atoms with van der Waals surface area (Å²) < 4.78 is 26.3. The molecule has 3 rings (SSSR count). The Hall–Kier alpha value is -1.65. The van der Waals surface area contributed by atoms with Crippen LogP contribution in [0.2, 0.25) is 0 Å². The Morgan fingerprint density at radius 2 is 2.07 bits per heavy atom. The molecule has 1 saturated heterocycles. The first kappa shape index (κ1) is 20.1. The summed E-state index contributed by atoms with van der Waals surface area (Å²) in [6.45, 7) is 2.42. The maximum atomic E-state index is 14.1. The predicted octanol–water partition coefficient (Wildman–Crippen LogP) is 5.24. The second kappa shape index (κ2) is 8.57. The van der Waals surface area contributed by atoms with E-state index >= 15 is 0 Å². The van der Waals surface area contributed by atoms with E-state index in [-0.39, 0.29) is 11.6 Å². The summed E-state index contributed by atoms with van der Waals surface area (Å²) in [5.41, 5.74) is 0.927. The van der Waals surface area contributed by atoms with Crippen LogP contribution in [0, 0.1) is 9.39 Å². The van der Waals surface area contributed by atoms with Crippen molar-refractivity contribution in [2.24, 2.45) is 0 Å². The van der Waals surface area contributed by atoms with Crippen LogP contribution in [-0.2, 0) is 4.79 Å². The summed E-state index contributed by atoms with van der Waals surface area (Å²) >= 11 is 8.60. The standard InChI is InChI=1S/C19H15FINO3S2/c1-3-25-17-13(21)8-11(9-15(17)24-2)10-16-18(23)22(19(26)27-16)14-7-5-4-6-12(14)20/h4-10H,3H2,1-2H3/b16-10-. The van der Waals surface area contributed by atoms with Crippen LogP contribution in [0.4, 0.5) is 10.1 Å². The van der Waals surface area contributed by atoms with Gasteiger partial charge in [0.05, 0.1) is 27.9 Å². The second-order valence-electron chi connectivity index (χ2n) is 5.44. The third-order valence-corrected chi connectivity index (χ3v) is 5.83. The molecule has 27 heavy (non-hydrogen) atoms. The number of ether oxygens (including phenoxy) is 2. The van der Waals surface area contributed by atoms with E-state index in [1.165, 1.54) is 17.0 Å². The third-order valence-electron chi connectivity index (χ3n) is 3.73. The number of methoxy groups -OCH3 is 1. The molecule has 0 bridgehead atoms. The highest BCUT2D eigenvalue weighted by Crippen LogP contribution is 2.39. The van der Waals surface area contributed by atoms with Crippen molar-refractivity contribution in [1.29, 1.82) is 0 Å². The zero-order chi connectivity index (χ0) is 19.6. The molecule has 0 N–H and O–H groups in total. The monoisotopic (exact) mass is 515 g/mol. The molecule has 0 radical (unpaired) electrons. The van der Waals surface area contributed by atoms with Gasteiger partial charge in [-0.25, -0.2) is 4.39 Å². The van der Waals surface area contributed by atoms with Gasteiger partial charge in [0.1, 0.15) is 5.82 Å².